The highest BCUT2D eigenvalue weighted by molar-refractivity contribution is 5.86. The Kier molecular flexibility index (Phi) is 11.3. The maximum Gasteiger partial charge on any atom is 0.242 e. The first kappa shape index (κ1) is 32.9. The van der Waals surface area contributed by atoms with Crippen LogP contribution in [0, 0.1) is 5.92 Å². The van der Waals surface area contributed by atoms with E-state index in [-0.39, 0.29) is 23.2 Å². The number of carbonyl (C=O) groups is 2. The molecule has 9 nitrogen and oxygen atoms in total. The van der Waals surface area contributed by atoms with E-state index in [1.165, 1.54) is 25.3 Å². The van der Waals surface area contributed by atoms with Gasteiger partial charge in [0.1, 0.15) is 6.04 Å². The number of hydrogen-bond donors (Lipinski definition) is 3. The zero-order chi connectivity index (χ0) is 31.8. The third-order valence-electron chi connectivity index (χ3n) is 8.85. The van der Waals surface area contributed by atoms with Crippen molar-refractivity contribution in [2.24, 2.45) is 5.92 Å². The number of aryl methyl sites for hydroxylation is 1. The van der Waals surface area contributed by atoms with Crippen molar-refractivity contribution < 1.29 is 23.8 Å². The van der Waals surface area contributed by atoms with Gasteiger partial charge >= 0.3 is 0 Å². The van der Waals surface area contributed by atoms with E-state index in [1.54, 1.807) is 33.5 Å². The van der Waals surface area contributed by atoms with Gasteiger partial charge in [-0.05, 0) is 85.8 Å². The number of anilines is 1. The third-order valence-corrected chi connectivity index (χ3v) is 8.85. The second kappa shape index (κ2) is 15.1. The normalized spacial score (nSPS) is 17.0. The van der Waals surface area contributed by atoms with Gasteiger partial charge in [-0.25, -0.2) is 0 Å². The van der Waals surface area contributed by atoms with E-state index in [0.29, 0.717) is 47.9 Å². The summed E-state index contributed by atoms with van der Waals surface area (Å²) < 4.78 is 17.2. The highest BCUT2D eigenvalue weighted by atomic mass is 16.5. The van der Waals surface area contributed by atoms with Crippen LogP contribution in [-0.4, -0.2) is 45.7 Å². The van der Waals surface area contributed by atoms with Crippen molar-refractivity contribution >= 4 is 17.5 Å². The number of nitrogens with one attached hydrogen (secondary N) is 3. The minimum absolute atomic E-state index is 0.0173. The van der Waals surface area contributed by atoms with Gasteiger partial charge in [-0.3, -0.25) is 14.4 Å². The molecule has 0 saturated carbocycles. The molecule has 3 atom stereocenters. The topological polar surface area (TPSA) is 115 Å². The van der Waals surface area contributed by atoms with Gasteiger partial charge in [0.15, 0.2) is 11.5 Å². The maximum absolute atomic E-state index is 13.8. The lowest BCUT2D eigenvalue weighted by atomic mass is 9.95. The Bertz CT molecular complexity index is 1450. The highest BCUT2D eigenvalue weighted by Gasteiger charge is 2.30. The van der Waals surface area contributed by atoms with Gasteiger partial charge in [-0.2, -0.15) is 0 Å². The van der Waals surface area contributed by atoms with Crippen LogP contribution in [0.4, 0.5) is 5.69 Å². The molecular weight excluding hydrogens is 558 g/mol. The smallest absolute Gasteiger partial charge is 0.242 e. The number of allylic oxidation sites excluding steroid dienone is 1. The quantitative estimate of drug-likeness (QED) is 0.266. The molecule has 2 aromatic rings. The molecule has 4 rings (SSSR count). The summed E-state index contributed by atoms with van der Waals surface area (Å²) in [5, 5.41) is 9.43. The first-order valence-corrected chi connectivity index (χ1v) is 15.7. The summed E-state index contributed by atoms with van der Waals surface area (Å²) in [4.78, 5) is 39.5. The summed E-state index contributed by atoms with van der Waals surface area (Å²) in [5.41, 5.74) is 4.60. The molecule has 0 heterocycles. The van der Waals surface area contributed by atoms with E-state index in [9.17, 15) is 14.4 Å². The average Bonchev–Trinajstić information content (AvgIpc) is 3.26. The van der Waals surface area contributed by atoms with E-state index < -0.39 is 12.1 Å². The van der Waals surface area contributed by atoms with Crippen LogP contribution in [0.1, 0.15) is 82.9 Å². The molecule has 44 heavy (non-hydrogen) atoms. The Labute approximate surface area is 260 Å². The molecule has 0 spiro atoms. The lowest BCUT2D eigenvalue weighted by Gasteiger charge is -2.24. The summed E-state index contributed by atoms with van der Waals surface area (Å²) in [6.07, 6.45) is 9.73. The van der Waals surface area contributed by atoms with Crippen molar-refractivity contribution in [2.45, 2.75) is 84.2 Å². The third kappa shape index (κ3) is 7.37. The summed E-state index contributed by atoms with van der Waals surface area (Å²) >= 11 is 0. The molecule has 238 valence electrons. The first-order valence-electron chi connectivity index (χ1n) is 15.7. The number of rotatable bonds is 12. The SMILES string of the molecule is CCC(C)C(Nc1ccc2c(cc1=O)C(NC(C)=O)CCc1cc(OC)c(OC)c(OC)c1-2)C(=O)NCCC1=CCCCC1. The van der Waals surface area contributed by atoms with E-state index in [2.05, 4.69) is 22.0 Å². The minimum Gasteiger partial charge on any atom is -0.493 e. The Hall–Kier alpha value is -4.01. The van der Waals surface area contributed by atoms with Gasteiger partial charge in [-0.15, -0.1) is 0 Å². The number of benzene rings is 1. The predicted octanol–water partition coefficient (Wildman–Crippen LogP) is 5.70. The van der Waals surface area contributed by atoms with E-state index >= 15 is 0 Å². The Balaban J connectivity index is 1.76. The zero-order valence-electron chi connectivity index (χ0n) is 26.9. The molecule has 3 unspecified atom stereocenters. The number of hydrogen-bond acceptors (Lipinski definition) is 7. The molecule has 0 fully saturated rings. The van der Waals surface area contributed by atoms with E-state index in [1.807, 2.05) is 26.0 Å². The van der Waals surface area contributed by atoms with Crippen LogP contribution in [0.25, 0.3) is 11.1 Å². The molecule has 0 aliphatic heterocycles. The molecule has 9 heteroatoms. The van der Waals surface area contributed by atoms with Gasteiger partial charge < -0.3 is 30.2 Å². The van der Waals surface area contributed by atoms with Gasteiger partial charge in [0.2, 0.25) is 23.0 Å². The van der Waals surface area contributed by atoms with Crippen molar-refractivity contribution in [2.75, 3.05) is 33.2 Å². The minimum atomic E-state index is -0.590. The van der Waals surface area contributed by atoms with Gasteiger partial charge in [0.25, 0.3) is 0 Å². The lowest BCUT2D eigenvalue weighted by Crippen LogP contribution is -2.44. The fourth-order valence-corrected chi connectivity index (χ4v) is 6.28. The Morgan fingerprint density at radius 1 is 1.02 bits per heavy atom. The van der Waals surface area contributed by atoms with Crippen LogP contribution in [0.3, 0.4) is 0 Å². The van der Waals surface area contributed by atoms with Crippen molar-refractivity contribution in [1.29, 1.82) is 0 Å². The molecule has 2 aromatic carbocycles. The second-order valence-corrected chi connectivity index (χ2v) is 11.8. The molecule has 0 aromatic heterocycles. The Morgan fingerprint density at radius 3 is 2.43 bits per heavy atom. The van der Waals surface area contributed by atoms with Crippen LogP contribution in [0.5, 0.6) is 17.2 Å². The lowest BCUT2D eigenvalue weighted by molar-refractivity contribution is -0.123. The van der Waals surface area contributed by atoms with Crippen LogP contribution in [0.2, 0.25) is 0 Å². The van der Waals surface area contributed by atoms with Crippen molar-refractivity contribution in [3.05, 3.63) is 57.3 Å². The maximum atomic E-state index is 13.8. The largest absolute Gasteiger partial charge is 0.493 e. The molecule has 2 amide bonds. The Morgan fingerprint density at radius 2 is 1.80 bits per heavy atom. The van der Waals surface area contributed by atoms with Crippen LogP contribution in [0.15, 0.2) is 40.7 Å². The van der Waals surface area contributed by atoms with Crippen LogP contribution in [-0.2, 0) is 16.0 Å². The molecule has 0 saturated heterocycles. The number of carbonyl (C=O) groups excluding carboxylic acids is 2. The zero-order valence-corrected chi connectivity index (χ0v) is 26.9. The molecule has 3 N–H and O–H groups in total. The van der Waals surface area contributed by atoms with E-state index in [0.717, 1.165) is 42.4 Å². The predicted molar refractivity (Wildman–Crippen MR) is 174 cm³/mol. The summed E-state index contributed by atoms with van der Waals surface area (Å²) in [7, 11) is 4.70. The summed E-state index contributed by atoms with van der Waals surface area (Å²) in [6, 6.07) is 6.10. The molecule has 0 radical (unpaired) electrons. The standard InChI is InChI=1S/C35H47N3O6/c1-7-21(2)32(35(41)36-18-17-23-11-9-8-10-12-23)38-28-16-14-25-26(20-29(28)40)27(37-22(3)39)15-13-24-19-30(42-4)33(43-5)34(44-6)31(24)25/h11,14,16,19-21,27,32H,7-10,12-13,15,17-18H2,1-6H3,(H,36,41)(H,37,39)(H,38,40). The number of ether oxygens (including phenoxy) is 3. The molecule has 2 aliphatic carbocycles. The fraction of sp³-hybridized carbons (Fsp3) is 0.514. The van der Waals surface area contributed by atoms with Gasteiger partial charge in [-0.1, -0.05) is 38.0 Å². The fourth-order valence-electron chi connectivity index (χ4n) is 6.28. The highest BCUT2D eigenvalue weighted by Crippen LogP contribution is 2.50. The van der Waals surface area contributed by atoms with Gasteiger partial charge in [0.05, 0.1) is 33.1 Å². The van der Waals surface area contributed by atoms with Crippen molar-refractivity contribution in [3.63, 3.8) is 0 Å². The number of amides is 2. The second-order valence-electron chi connectivity index (χ2n) is 11.8. The monoisotopic (exact) mass is 605 g/mol. The van der Waals surface area contributed by atoms with Crippen molar-refractivity contribution in [3.8, 4) is 28.4 Å². The number of methoxy groups -OCH3 is 3. The summed E-state index contributed by atoms with van der Waals surface area (Å²) in [6.45, 7) is 6.09. The molecule has 2 aliphatic rings. The molecule has 0 bridgehead atoms. The van der Waals surface area contributed by atoms with Crippen LogP contribution >= 0.6 is 0 Å². The van der Waals surface area contributed by atoms with E-state index in [4.69, 9.17) is 14.2 Å². The van der Waals surface area contributed by atoms with Crippen molar-refractivity contribution in [1.82, 2.24) is 10.6 Å². The van der Waals surface area contributed by atoms with Gasteiger partial charge in [0, 0.05) is 19.0 Å². The summed E-state index contributed by atoms with van der Waals surface area (Å²) in [5.74, 6) is 1.15. The first-order chi connectivity index (χ1) is 21.2. The molecular formula is C35H47N3O6. The number of fused-ring (bicyclic) bond motifs is 3. The van der Waals surface area contributed by atoms with Crippen LogP contribution < -0.4 is 35.6 Å². The average molecular weight is 606 g/mol.